The van der Waals surface area contributed by atoms with Crippen molar-refractivity contribution in [1.82, 2.24) is 10.2 Å². The third-order valence-electron chi connectivity index (χ3n) is 5.80. The van der Waals surface area contributed by atoms with Crippen LogP contribution in [0.15, 0.2) is 18.2 Å². The first-order chi connectivity index (χ1) is 13.7. The highest BCUT2D eigenvalue weighted by molar-refractivity contribution is 6.32. The highest BCUT2D eigenvalue weighted by Crippen LogP contribution is 2.30. The summed E-state index contributed by atoms with van der Waals surface area (Å²) in [5.74, 6) is 0.378. The van der Waals surface area contributed by atoms with E-state index in [0.717, 1.165) is 25.7 Å². The second-order valence-corrected chi connectivity index (χ2v) is 8.53. The van der Waals surface area contributed by atoms with Crippen molar-refractivity contribution in [3.63, 3.8) is 0 Å². The Morgan fingerprint density at radius 3 is 2.48 bits per heavy atom. The number of nitrogens with zero attached hydrogens (tertiary/aromatic N) is 1. The van der Waals surface area contributed by atoms with E-state index in [1.165, 1.54) is 0 Å². The molecule has 0 radical (unpaired) electrons. The van der Waals surface area contributed by atoms with Crippen LogP contribution in [0.4, 0.5) is 13.2 Å². The Labute approximate surface area is 174 Å². The van der Waals surface area contributed by atoms with Crippen LogP contribution in [-0.4, -0.2) is 48.3 Å². The summed E-state index contributed by atoms with van der Waals surface area (Å²) in [5.41, 5.74) is 0.505. The molecule has 0 spiro atoms. The molecule has 2 aliphatic rings. The minimum absolute atomic E-state index is 0.0972. The second kappa shape index (κ2) is 9.56. The molecular weight excluding hydrogens is 405 g/mol. The fourth-order valence-corrected chi connectivity index (χ4v) is 4.38. The van der Waals surface area contributed by atoms with Gasteiger partial charge in [-0.25, -0.2) is 0 Å². The van der Waals surface area contributed by atoms with Gasteiger partial charge in [0.15, 0.2) is 0 Å². The lowest BCUT2D eigenvalue weighted by atomic mass is 10.0. The van der Waals surface area contributed by atoms with E-state index < -0.39 is 18.6 Å². The molecule has 1 aliphatic carbocycles. The van der Waals surface area contributed by atoms with Gasteiger partial charge >= 0.3 is 6.18 Å². The second-order valence-electron chi connectivity index (χ2n) is 8.12. The fourth-order valence-electron chi connectivity index (χ4n) is 4.15. The van der Waals surface area contributed by atoms with E-state index in [9.17, 15) is 18.0 Å². The zero-order chi connectivity index (χ0) is 21.0. The molecule has 0 unspecified atom stereocenters. The van der Waals surface area contributed by atoms with Crippen LogP contribution in [0, 0.1) is 0 Å². The van der Waals surface area contributed by atoms with E-state index in [4.69, 9.17) is 16.3 Å². The van der Waals surface area contributed by atoms with Gasteiger partial charge in [0.05, 0.1) is 11.4 Å². The standard InChI is InChI=1S/C21H28ClF3N2O2/c1-14(13-21(23,24)25)27-10-8-17(9-11-27)29-19-7-6-15(12-18(19)22)20(28)26-16-4-2-3-5-16/h6-7,12,14,16-17H,2-5,8-11,13H2,1H3,(H,26,28)/t14-/m1/s1. The zero-order valence-electron chi connectivity index (χ0n) is 16.6. The topological polar surface area (TPSA) is 41.6 Å². The Bertz CT molecular complexity index is 700. The number of hydrogen-bond acceptors (Lipinski definition) is 3. The lowest BCUT2D eigenvalue weighted by molar-refractivity contribution is -0.147. The van der Waals surface area contributed by atoms with Crippen molar-refractivity contribution < 1.29 is 22.7 Å². The third-order valence-corrected chi connectivity index (χ3v) is 6.10. The van der Waals surface area contributed by atoms with Gasteiger partial charge in [-0.1, -0.05) is 24.4 Å². The maximum Gasteiger partial charge on any atom is 0.390 e. The first kappa shape index (κ1) is 22.2. The van der Waals surface area contributed by atoms with Gasteiger partial charge in [0.25, 0.3) is 5.91 Å². The van der Waals surface area contributed by atoms with Crippen LogP contribution in [0.2, 0.25) is 5.02 Å². The van der Waals surface area contributed by atoms with Gasteiger partial charge in [0, 0.05) is 30.7 Å². The molecule has 0 aromatic heterocycles. The van der Waals surface area contributed by atoms with Crippen LogP contribution in [0.1, 0.15) is 62.2 Å². The van der Waals surface area contributed by atoms with Gasteiger partial charge in [-0.15, -0.1) is 0 Å². The molecule has 1 aromatic rings. The predicted octanol–water partition coefficient (Wildman–Crippen LogP) is 5.20. The monoisotopic (exact) mass is 432 g/mol. The first-order valence-corrected chi connectivity index (χ1v) is 10.7. The van der Waals surface area contributed by atoms with E-state index in [-0.39, 0.29) is 18.1 Å². The SMILES string of the molecule is C[C@H](CC(F)(F)F)N1CCC(Oc2ccc(C(=O)NC3CCCC3)cc2Cl)CC1. The van der Waals surface area contributed by atoms with Crippen LogP contribution in [0.5, 0.6) is 5.75 Å². The molecule has 2 fully saturated rings. The van der Waals surface area contributed by atoms with Gasteiger partial charge < -0.3 is 15.0 Å². The number of amides is 1. The van der Waals surface area contributed by atoms with E-state index in [1.54, 1.807) is 25.1 Å². The number of rotatable bonds is 6. The molecule has 1 N–H and O–H groups in total. The van der Waals surface area contributed by atoms with Crippen LogP contribution in [0.3, 0.4) is 0 Å². The number of benzene rings is 1. The number of likely N-dealkylation sites (tertiary alicyclic amines) is 1. The van der Waals surface area contributed by atoms with E-state index in [0.29, 0.717) is 42.3 Å². The van der Waals surface area contributed by atoms with Crippen molar-refractivity contribution in [1.29, 1.82) is 0 Å². The molecule has 3 rings (SSSR count). The van der Waals surface area contributed by atoms with Crippen LogP contribution in [0.25, 0.3) is 0 Å². The molecule has 1 heterocycles. The van der Waals surface area contributed by atoms with Crippen LogP contribution in [-0.2, 0) is 0 Å². The summed E-state index contributed by atoms with van der Waals surface area (Å²) in [5, 5.41) is 3.40. The molecule has 1 saturated heterocycles. The molecule has 8 heteroatoms. The number of carbonyl (C=O) groups is 1. The summed E-state index contributed by atoms with van der Waals surface area (Å²) in [6.07, 6.45) is 0.562. The number of hydrogen-bond donors (Lipinski definition) is 1. The molecule has 162 valence electrons. The Morgan fingerprint density at radius 2 is 1.90 bits per heavy atom. The Balaban J connectivity index is 1.50. The summed E-state index contributed by atoms with van der Waals surface area (Å²) in [4.78, 5) is 14.2. The predicted molar refractivity (Wildman–Crippen MR) is 107 cm³/mol. The normalized spacial score (nSPS) is 20.6. The summed E-state index contributed by atoms with van der Waals surface area (Å²) in [6, 6.07) is 4.72. The van der Waals surface area contributed by atoms with E-state index in [2.05, 4.69) is 5.32 Å². The van der Waals surface area contributed by atoms with E-state index in [1.807, 2.05) is 4.90 Å². The van der Waals surface area contributed by atoms with Crippen molar-refractivity contribution in [2.45, 2.75) is 76.2 Å². The minimum Gasteiger partial charge on any atom is -0.489 e. The number of nitrogens with one attached hydrogen (secondary N) is 1. The highest BCUT2D eigenvalue weighted by atomic mass is 35.5. The summed E-state index contributed by atoms with van der Waals surface area (Å²) >= 11 is 6.32. The maximum atomic E-state index is 12.6. The molecule has 1 amide bonds. The van der Waals surface area contributed by atoms with Gasteiger partial charge in [0.2, 0.25) is 0 Å². The largest absolute Gasteiger partial charge is 0.489 e. The zero-order valence-corrected chi connectivity index (χ0v) is 17.4. The molecular formula is C21H28ClF3N2O2. The summed E-state index contributed by atoms with van der Waals surface area (Å²) < 4.78 is 43.7. The lowest BCUT2D eigenvalue weighted by Crippen LogP contribution is -2.44. The van der Waals surface area contributed by atoms with Crippen molar-refractivity contribution in [3.8, 4) is 5.75 Å². The quantitative estimate of drug-likeness (QED) is 0.672. The van der Waals surface area contributed by atoms with Gasteiger partial charge in [-0.2, -0.15) is 13.2 Å². The lowest BCUT2D eigenvalue weighted by Gasteiger charge is -2.36. The Morgan fingerprint density at radius 1 is 1.24 bits per heavy atom. The average molecular weight is 433 g/mol. The van der Waals surface area contributed by atoms with Crippen molar-refractivity contribution in [3.05, 3.63) is 28.8 Å². The number of alkyl halides is 3. The third kappa shape index (κ3) is 6.51. The van der Waals surface area contributed by atoms with Crippen LogP contribution >= 0.6 is 11.6 Å². The smallest absolute Gasteiger partial charge is 0.390 e. The van der Waals surface area contributed by atoms with Gasteiger partial charge in [-0.3, -0.25) is 4.79 Å². The first-order valence-electron chi connectivity index (χ1n) is 10.3. The number of piperidine rings is 1. The molecule has 0 bridgehead atoms. The molecule has 4 nitrogen and oxygen atoms in total. The molecule has 1 saturated carbocycles. The highest BCUT2D eigenvalue weighted by Gasteiger charge is 2.34. The van der Waals surface area contributed by atoms with Gasteiger partial charge in [0.1, 0.15) is 11.9 Å². The number of carbonyl (C=O) groups excluding carboxylic acids is 1. The fraction of sp³-hybridized carbons (Fsp3) is 0.667. The van der Waals surface area contributed by atoms with E-state index >= 15 is 0 Å². The maximum absolute atomic E-state index is 12.6. The molecule has 29 heavy (non-hydrogen) atoms. The Hall–Kier alpha value is -1.47. The minimum atomic E-state index is -4.15. The Kier molecular flexibility index (Phi) is 7.32. The van der Waals surface area contributed by atoms with Gasteiger partial charge in [-0.05, 0) is 50.8 Å². The van der Waals surface area contributed by atoms with Crippen molar-refractivity contribution >= 4 is 17.5 Å². The van der Waals surface area contributed by atoms with Crippen molar-refractivity contribution in [2.24, 2.45) is 0 Å². The molecule has 1 aliphatic heterocycles. The number of ether oxygens (including phenoxy) is 1. The average Bonchev–Trinajstić information content (AvgIpc) is 3.15. The molecule has 1 aromatic carbocycles. The summed E-state index contributed by atoms with van der Waals surface area (Å²) in [7, 11) is 0. The summed E-state index contributed by atoms with van der Waals surface area (Å²) in [6.45, 7) is 2.73. The molecule has 1 atom stereocenters. The number of halogens is 4. The van der Waals surface area contributed by atoms with Crippen LogP contribution < -0.4 is 10.1 Å². The van der Waals surface area contributed by atoms with Crippen molar-refractivity contribution in [2.75, 3.05) is 13.1 Å².